The second kappa shape index (κ2) is 8.18. The molecule has 1 fully saturated rings. The SMILES string of the molecule is O=C(O)c1ccc(-c2c(C3CCOCC3)n(-c3ccc(F)cc3)c3nc4c(cc23)CN=C4)cc1. The smallest absolute Gasteiger partial charge is 0.335 e. The Bertz CT molecular complexity index is 1430. The maximum atomic E-state index is 13.8. The monoisotopic (exact) mass is 455 g/mol. The fourth-order valence-electron chi connectivity index (χ4n) is 5.04. The van der Waals surface area contributed by atoms with Gasteiger partial charge in [-0.3, -0.25) is 9.56 Å². The van der Waals surface area contributed by atoms with Crippen molar-refractivity contribution in [1.29, 1.82) is 0 Å². The van der Waals surface area contributed by atoms with Crippen molar-refractivity contribution in [2.24, 2.45) is 4.99 Å². The summed E-state index contributed by atoms with van der Waals surface area (Å²) in [7, 11) is 0. The summed E-state index contributed by atoms with van der Waals surface area (Å²) >= 11 is 0. The number of nitrogens with zero attached hydrogens (tertiary/aromatic N) is 3. The van der Waals surface area contributed by atoms with Gasteiger partial charge in [-0.15, -0.1) is 0 Å². The fourth-order valence-corrected chi connectivity index (χ4v) is 5.04. The van der Waals surface area contributed by atoms with Gasteiger partial charge >= 0.3 is 5.97 Å². The van der Waals surface area contributed by atoms with Gasteiger partial charge in [-0.1, -0.05) is 12.1 Å². The molecule has 4 heterocycles. The third kappa shape index (κ3) is 3.40. The van der Waals surface area contributed by atoms with Gasteiger partial charge in [0.2, 0.25) is 0 Å². The number of aromatic nitrogens is 2. The maximum absolute atomic E-state index is 13.8. The van der Waals surface area contributed by atoms with Crippen molar-refractivity contribution in [3.05, 3.63) is 82.9 Å². The zero-order valence-electron chi connectivity index (χ0n) is 18.4. The first-order valence-corrected chi connectivity index (χ1v) is 11.4. The average Bonchev–Trinajstić information content (AvgIpc) is 3.45. The number of carboxylic acid groups (broad SMARTS) is 1. The van der Waals surface area contributed by atoms with Crippen molar-refractivity contribution in [2.45, 2.75) is 25.3 Å². The van der Waals surface area contributed by atoms with Gasteiger partial charge in [-0.25, -0.2) is 14.2 Å². The molecule has 0 amide bonds. The third-order valence-corrected chi connectivity index (χ3v) is 6.68. The quantitative estimate of drug-likeness (QED) is 0.450. The molecule has 6 nitrogen and oxygen atoms in total. The number of pyridine rings is 1. The van der Waals surface area contributed by atoms with Gasteiger partial charge in [0.05, 0.1) is 17.8 Å². The molecule has 170 valence electrons. The van der Waals surface area contributed by atoms with Crippen LogP contribution in [0.3, 0.4) is 0 Å². The number of carboxylic acids is 1. The van der Waals surface area contributed by atoms with E-state index in [0.717, 1.165) is 57.6 Å². The lowest BCUT2D eigenvalue weighted by Crippen LogP contribution is -2.17. The summed E-state index contributed by atoms with van der Waals surface area (Å²) in [6, 6.07) is 15.6. The van der Waals surface area contributed by atoms with Gasteiger partial charge in [-0.05, 0) is 60.9 Å². The molecule has 7 heteroatoms. The predicted molar refractivity (Wildman–Crippen MR) is 128 cm³/mol. The van der Waals surface area contributed by atoms with E-state index in [4.69, 9.17) is 9.72 Å². The highest BCUT2D eigenvalue weighted by Gasteiger charge is 2.29. The Morgan fingerprint density at radius 3 is 2.50 bits per heavy atom. The highest BCUT2D eigenvalue weighted by molar-refractivity contribution is 6.01. The van der Waals surface area contributed by atoms with E-state index in [1.54, 1.807) is 30.5 Å². The summed E-state index contributed by atoms with van der Waals surface area (Å²) in [5.74, 6) is -1.04. The number of carbonyl (C=O) groups is 1. The lowest BCUT2D eigenvalue weighted by Gasteiger charge is -2.25. The van der Waals surface area contributed by atoms with Crippen molar-refractivity contribution in [1.82, 2.24) is 9.55 Å². The van der Waals surface area contributed by atoms with Crippen LogP contribution in [0.1, 0.15) is 46.1 Å². The van der Waals surface area contributed by atoms with Gasteiger partial charge in [0.25, 0.3) is 0 Å². The molecule has 6 rings (SSSR count). The summed E-state index contributed by atoms with van der Waals surface area (Å²) in [5, 5.41) is 10.4. The first-order chi connectivity index (χ1) is 16.6. The van der Waals surface area contributed by atoms with E-state index in [1.165, 1.54) is 12.1 Å². The van der Waals surface area contributed by atoms with Crippen molar-refractivity contribution in [2.75, 3.05) is 13.2 Å². The van der Waals surface area contributed by atoms with Crippen LogP contribution in [0.15, 0.2) is 59.6 Å². The molecular formula is C27H22FN3O3. The Balaban J connectivity index is 1.69. The number of rotatable bonds is 4. The Morgan fingerprint density at radius 2 is 1.79 bits per heavy atom. The number of hydrogen-bond donors (Lipinski definition) is 1. The normalized spacial score (nSPS) is 15.7. The van der Waals surface area contributed by atoms with Crippen molar-refractivity contribution < 1.29 is 19.0 Å². The molecule has 4 aromatic rings. The molecule has 0 aliphatic carbocycles. The summed E-state index contributed by atoms with van der Waals surface area (Å²) in [4.78, 5) is 20.8. The molecule has 2 aromatic carbocycles. The number of aliphatic imine (C=N–C) groups is 1. The Labute approximate surface area is 195 Å². The topological polar surface area (TPSA) is 76.7 Å². The van der Waals surface area contributed by atoms with Crippen molar-refractivity contribution >= 4 is 23.2 Å². The van der Waals surface area contributed by atoms with Crippen LogP contribution in [0.25, 0.3) is 27.8 Å². The number of ether oxygens (including phenoxy) is 1. The van der Waals surface area contributed by atoms with Crippen LogP contribution in [0.5, 0.6) is 0 Å². The summed E-state index contributed by atoms with van der Waals surface area (Å²) in [5.41, 5.74) is 6.84. The van der Waals surface area contributed by atoms with Crippen LogP contribution < -0.4 is 0 Å². The van der Waals surface area contributed by atoms with E-state index in [1.807, 2.05) is 12.1 Å². The lowest BCUT2D eigenvalue weighted by atomic mass is 9.89. The summed E-state index contributed by atoms with van der Waals surface area (Å²) in [6.45, 7) is 1.93. The number of halogens is 1. The van der Waals surface area contributed by atoms with Gasteiger partial charge in [0.15, 0.2) is 0 Å². The van der Waals surface area contributed by atoms with Gasteiger partial charge < -0.3 is 9.84 Å². The second-order valence-electron chi connectivity index (χ2n) is 8.71. The van der Waals surface area contributed by atoms with Crippen LogP contribution in [-0.4, -0.2) is 40.1 Å². The Morgan fingerprint density at radius 1 is 1.06 bits per heavy atom. The van der Waals surface area contributed by atoms with Crippen LogP contribution in [-0.2, 0) is 11.3 Å². The highest BCUT2D eigenvalue weighted by atomic mass is 19.1. The van der Waals surface area contributed by atoms with Crippen LogP contribution in [0, 0.1) is 5.82 Å². The van der Waals surface area contributed by atoms with Crippen LogP contribution >= 0.6 is 0 Å². The van der Waals surface area contributed by atoms with Crippen molar-refractivity contribution in [3.63, 3.8) is 0 Å². The second-order valence-corrected chi connectivity index (χ2v) is 8.71. The molecule has 2 aliphatic heterocycles. The molecule has 0 atom stereocenters. The Kier molecular flexibility index (Phi) is 4.99. The van der Waals surface area contributed by atoms with Crippen LogP contribution in [0.4, 0.5) is 4.39 Å². The molecule has 0 unspecified atom stereocenters. The van der Waals surface area contributed by atoms with Crippen molar-refractivity contribution in [3.8, 4) is 16.8 Å². The zero-order valence-corrected chi connectivity index (χ0v) is 18.4. The number of hydrogen-bond acceptors (Lipinski definition) is 4. The zero-order chi connectivity index (χ0) is 23.2. The maximum Gasteiger partial charge on any atom is 0.335 e. The van der Waals surface area contributed by atoms with E-state index in [0.29, 0.717) is 19.8 Å². The Hall–Kier alpha value is -3.84. The molecule has 0 spiro atoms. The first-order valence-electron chi connectivity index (χ1n) is 11.4. The lowest BCUT2D eigenvalue weighted by molar-refractivity contribution is 0.0697. The van der Waals surface area contributed by atoms with E-state index in [-0.39, 0.29) is 17.3 Å². The highest BCUT2D eigenvalue weighted by Crippen LogP contribution is 2.43. The molecule has 1 N–H and O–H groups in total. The molecule has 1 saturated heterocycles. The minimum Gasteiger partial charge on any atom is -0.478 e. The molecule has 2 aromatic heterocycles. The summed E-state index contributed by atoms with van der Waals surface area (Å²) in [6.07, 6.45) is 3.52. The minimum atomic E-state index is -0.957. The van der Waals surface area contributed by atoms with E-state index >= 15 is 0 Å². The van der Waals surface area contributed by atoms with Gasteiger partial charge in [0, 0.05) is 53.2 Å². The molecule has 34 heavy (non-hydrogen) atoms. The molecule has 0 bridgehead atoms. The van der Waals surface area contributed by atoms with Gasteiger partial charge in [-0.2, -0.15) is 0 Å². The molecule has 2 aliphatic rings. The van der Waals surface area contributed by atoms with E-state index in [9.17, 15) is 14.3 Å². The number of fused-ring (bicyclic) bond motifs is 2. The van der Waals surface area contributed by atoms with Gasteiger partial charge in [0.1, 0.15) is 11.5 Å². The predicted octanol–water partition coefficient (Wildman–Crippen LogP) is 5.36. The molecule has 0 radical (unpaired) electrons. The third-order valence-electron chi connectivity index (χ3n) is 6.68. The fraction of sp³-hybridized carbons (Fsp3) is 0.222. The summed E-state index contributed by atoms with van der Waals surface area (Å²) < 4.78 is 21.6. The number of benzene rings is 2. The standard InChI is InChI=1S/C27H22FN3O3/c28-20-5-7-21(8-6-20)31-25(17-9-11-34-12-10-17)24(16-1-3-18(4-2-16)27(32)33)22-13-19-14-29-15-23(19)30-26(22)31/h1-8,13,15,17H,9-12,14H2,(H,32,33). The average molecular weight is 455 g/mol. The van der Waals surface area contributed by atoms with E-state index in [2.05, 4.69) is 15.6 Å². The first kappa shape index (κ1) is 20.7. The molecule has 0 saturated carbocycles. The van der Waals surface area contributed by atoms with Crippen LogP contribution in [0.2, 0.25) is 0 Å². The minimum absolute atomic E-state index is 0.214. The van der Waals surface area contributed by atoms with E-state index < -0.39 is 5.97 Å². The number of aromatic carboxylic acids is 1. The molecular weight excluding hydrogens is 433 g/mol. The largest absolute Gasteiger partial charge is 0.478 e.